The number of nitrogens with one attached hydrogen (secondary N) is 2. The predicted molar refractivity (Wildman–Crippen MR) is 75.4 cm³/mol. The first-order valence-corrected chi connectivity index (χ1v) is 7.54. The third-order valence-electron chi connectivity index (χ3n) is 3.15. The molecule has 1 heterocycles. The molecule has 20 heavy (non-hydrogen) atoms. The van der Waals surface area contributed by atoms with E-state index in [1.165, 1.54) is 6.33 Å². The van der Waals surface area contributed by atoms with Crippen LogP contribution in [0.1, 0.15) is 29.9 Å². The summed E-state index contributed by atoms with van der Waals surface area (Å²) in [4.78, 5) is 4.05. The lowest BCUT2D eigenvalue weighted by molar-refractivity contribution is 0.560. The van der Waals surface area contributed by atoms with E-state index in [1.54, 1.807) is 26.0 Å². The third kappa shape index (κ3) is 2.66. The number of H-pyrrole nitrogens is 1. The van der Waals surface area contributed by atoms with Crippen molar-refractivity contribution in [3.05, 3.63) is 35.4 Å². The maximum atomic E-state index is 12.5. The molecule has 0 aliphatic heterocycles. The lowest BCUT2D eigenvalue weighted by Crippen LogP contribution is -2.29. The van der Waals surface area contributed by atoms with Crippen LogP contribution in [0.4, 0.5) is 5.69 Å². The molecule has 0 fully saturated rings. The Bertz CT molecular complexity index is 710. The highest BCUT2D eigenvalue weighted by atomic mass is 32.2. The average Bonchev–Trinajstić information content (AvgIpc) is 2.87. The highest BCUT2D eigenvalue weighted by molar-refractivity contribution is 7.89. The van der Waals surface area contributed by atoms with E-state index in [0.29, 0.717) is 11.4 Å². The van der Waals surface area contributed by atoms with Crippen LogP contribution in [0.5, 0.6) is 0 Å². The van der Waals surface area contributed by atoms with Crippen molar-refractivity contribution in [2.75, 3.05) is 5.73 Å². The van der Waals surface area contributed by atoms with E-state index in [-0.39, 0.29) is 10.6 Å². The van der Waals surface area contributed by atoms with Crippen molar-refractivity contribution < 1.29 is 8.42 Å². The van der Waals surface area contributed by atoms with Gasteiger partial charge < -0.3 is 5.73 Å². The molecule has 0 radical (unpaired) electrons. The fourth-order valence-electron chi connectivity index (χ4n) is 1.94. The fraction of sp³-hybridized carbons (Fsp3) is 0.333. The Labute approximate surface area is 117 Å². The lowest BCUT2D eigenvalue weighted by atomic mass is 10.1. The Kier molecular flexibility index (Phi) is 3.78. The Morgan fingerprint density at radius 1 is 1.35 bits per heavy atom. The first-order valence-electron chi connectivity index (χ1n) is 6.06. The van der Waals surface area contributed by atoms with Crippen LogP contribution >= 0.6 is 0 Å². The topological polar surface area (TPSA) is 114 Å². The van der Waals surface area contributed by atoms with Crippen LogP contribution in [0.3, 0.4) is 0 Å². The van der Waals surface area contributed by atoms with Gasteiger partial charge in [-0.3, -0.25) is 5.10 Å². The molecule has 108 valence electrons. The molecule has 7 nitrogen and oxygen atoms in total. The Morgan fingerprint density at radius 2 is 2.05 bits per heavy atom. The van der Waals surface area contributed by atoms with E-state index >= 15 is 0 Å². The van der Waals surface area contributed by atoms with Crippen molar-refractivity contribution in [2.45, 2.75) is 31.7 Å². The normalized spacial score (nSPS) is 13.3. The first kappa shape index (κ1) is 14.5. The molecule has 0 aliphatic rings. The Balaban J connectivity index is 2.39. The standard InChI is InChI=1S/C12H17N5O2S/c1-7-4-5-10(13)11(8(7)2)20(18,19)17-9(3)12-14-6-15-16-12/h4-6,9,17H,13H2,1-3H3,(H,14,15,16). The molecule has 0 bridgehead atoms. The minimum Gasteiger partial charge on any atom is -0.398 e. The van der Waals surface area contributed by atoms with Crippen molar-refractivity contribution in [3.8, 4) is 0 Å². The van der Waals surface area contributed by atoms with Crippen LogP contribution < -0.4 is 10.5 Å². The predicted octanol–water partition coefficient (Wildman–Crippen LogP) is 1.04. The van der Waals surface area contributed by atoms with Gasteiger partial charge in [0.1, 0.15) is 17.0 Å². The number of hydrogen-bond donors (Lipinski definition) is 3. The van der Waals surface area contributed by atoms with Gasteiger partial charge in [-0.05, 0) is 38.0 Å². The van der Waals surface area contributed by atoms with Crippen LogP contribution in [-0.4, -0.2) is 23.6 Å². The monoisotopic (exact) mass is 295 g/mol. The highest BCUT2D eigenvalue weighted by Gasteiger charge is 2.24. The van der Waals surface area contributed by atoms with E-state index in [1.807, 2.05) is 6.92 Å². The maximum Gasteiger partial charge on any atom is 0.243 e. The van der Waals surface area contributed by atoms with E-state index in [2.05, 4.69) is 19.9 Å². The number of aromatic nitrogens is 3. The molecule has 0 saturated carbocycles. The van der Waals surface area contributed by atoms with Gasteiger partial charge in [0.2, 0.25) is 10.0 Å². The summed E-state index contributed by atoms with van der Waals surface area (Å²) in [5, 5.41) is 6.33. The zero-order chi connectivity index (χ0) is 14.9. The second-order valence-electron chi connectivity index (χ2n) is 4.64. The summed E-state index contributed by atoms with van der Waals surface area (Å²) in [6.07, 6.45) is 1.33. The maximum absolute atomic E-state index is 12.5. The minimum absolute atomic E-state index is 0.115. The number of aromatic amines is 1. The van der Waals surface area contributed by atoms with Gasteiger partial charge >= 0.3 is 0 Å². The number of rotatable bonds is 4. The molecule has 1 unspecified atom stereocenters. The number of nitrogens with zero attached hydrogens (tertiary/aromatic N) is 2. The minimum atomic E-state index is -3.73. The summed E-state index contributed by atoms with van der Waals surface area (Å²) in [5.41, 5.74) is 7.55. The SMILES string of the molecule is Cc1ccc(N)c(S(=O)(=O)NC(C)c2ncn[nH]2)c1C. The zero-order valence-corrected chi connectivity index (χ0v) is 12.3. The van der Waals surface area contributed by atoms with Gasteiger partial charge in [0, 0.05) is 0 Å². The number of aryl methyl sites for hydroxylation is 1. The molecule has 1 aromatic carbocycles. The van der Waals surface area contributed by atoms with Gasteiger partial charge in [0.25, 0.3) is 0 Å². The van der Waals surface area contributed by atoms with E-state index in [0.717, 1.165) is 5.56 Å². The second kappa shape index (κ2) is 5.22. The van der Waals surface area contributed by atoms with Crippen LogP contribution in [0, 0.1) is 13.8 Å². The molecule has 1 atom stereocenters. The Hall–Kier alpha value is -1.93. The number of anilines is 1. The number of nitrogen functional groups attached to an aromatic ring is 1. The molecule has 2 rings (SSSR count). The van der Waals surface area contributed by atoms with Crippen molar-refractivity contribution in [1.29, 1.82) is 0 Å². The first-order chi connectivity index (χ1) is 9.33. The van der Waals surface area contributed by atoms with E-state index in [4.69, 9.17) is 5.73 Å². The van der Waals surface area contributed by atoms with Gasteiger partial charge in [-0.1, -0.05) is 6.07 Å². The summed E-state index contributed by atoms with van der Waals surface area (Å²) >= 11 is 0. The molecule has 1 aromatic heterocycles. The highest BCUT2D eigenvalue weighted by Crippen LogP contribution is 2.26. The molecule has 0 amide bonds. The number of nitrogens with two attached hydrogens (primary N) is 1. The van der Waals surface area contributed by atoms with Gasteiger partial charge in [-0.2, -0.15) is 5.10 Å². The average molecular weight is 295 g/mol. The molecular weight excluding hydrogens is 278 g/mol. The van der Waals surface area contributed by atoms with E-state index in [9.17, 15) is 8.42 Å². The van der Waals surface area contributed by atoms with Crippen molar-refractivity contribution in [1.82, 2.24) is 19.9 Å². The molecule has 4 N–H and O–H groups in total. The van der Waals surface area contributed by atoms with Gasteiger partial charge in [0.15, 0.2) is 0 Å². The molecule has 0 spiro atoms. The second-order valence-corrected chi connectivity index (χ2v) is 6.29. The molecule has 0 aliphatic carbocycles. The van der Waals surface area contributed by atoms with Crippen molar-refractivity contribution >= 4 is 15.7 Å². The third-order valence-corrected chi connectivity index (χ3v) is 4.89. The van der Waals surface area contributed by atoms with Crippen LogP contribution in [0.15, 0.2) is 23.4 Å². The number of sulfonamides is 1. The van der Waals surface area contributed by atoms with Crippen molar-refractivity contribution in [3.63, 3.8) is 0 Å². The molecule has 2 aromatic rings. The summed E-state index contributed by atoms with van der Waals surface area (Å²) < 4.78 is 27.5. The summed E-state index contributed by atoms with van der Waals surface area (Å²) in [6.45, 7) is 5.26. The molecule has 0 saturated heterocycles. The summed E-state index contributed by atoms with van der Waals surface area (Å²) in [6, 6.07) is 2.86. The smallest absolute Gasteiger partial charge is 0.243 e. The van der Waals surface area contributed by atoms with Crippen LogP contribution in [-0.2, 0) is 10.0 Å². The molecule has 8 heteroatoms. The van der Waals surface area contributed by atoms with Crippen LogP contribution in [0.2, 0.25) is 0 Å². The Morgan fingerprint density at radius 3 is 2.65 bits per heavy atom. The summed E-state index contributed by atoms with van der Waals surface area (Å²) in [5.74, 6) is 0.442. The van der Waals surface area contributed by atoms with E-state index < -0.39 is 16.1 Å². The number of benzene rings is 1. The lowest BCUT2D eigenvalue weighted by Gasteiger charge is -2.16. The van der Waals surface area contributed by atoms with Gasteiger partial charge in [0.05, 0.1) is 11.7 Å². The summed E-state index contributed by atoms with van der Waals surface area (Å²) in [7, 11) is -3.73. The van der Waals surface area contributed by atoms with Crippen LogP contribution in [0.25, 0.3) is 0 Å². The molecular formula is C12H17N5O2S. The fourth-order valence-corrected chi connectivity index (χ4v) is 3.58. The number of hydrogen-bond acceptors (Lipinski definition) is 5. The van der Waals surface area contributed by atoms with Gasteiger partial charge in [-0.15, -0.1) is 0 Å². The van der Waals surface area contributed by atoms with Crippen molar-refractivity contribution in [2.24, 2.45) is 0 Å². The van der Waals surface area contributed by atoms with Gasteiger partial charge in [-0.25, -0.2) is 18.1 Å². The largest absolute Gasteiger partial charge is 0.398 e. The zero-order valence-electron chi connectivity index (χ0n) is 11.5. The quantitative estimate of drug-likeness (QED) is 0.729.